The monoisotopic (exact) mass is 195 g/mol. The molecular formula is C10H17N3O. The van der Waals surface area contributed by atoms with Crippen LogP contribution in [-0.4, -0.2) is 21.4 Å². The Morgan fingerprint density at radius 2 is 2.29 bits per heavy atom. The molecule has 0 aromatic carbocycles. The van der Waals surface area contributed by atoms with Crippen molar-refractivity contribution in [2.24, 2.45) is 5.73 Å². The summed E-state index contributed by atoms with van der Waals surface area (Å²) in [5, 5.41) is 13.9. The predicted molar refractivity (Wildman–Crippen MR) is 53.7 cm³/mol. The number of hydrogen-bond acceptors (Lipinski definition) is 3. The lowest BCUT2D eigenvalue weighted by Gasteiger charge is -2.16. The minimum absolute atomic E-state index is 0.262. The fraction of sp³-hybridized carbons (Fsp3) is 0.700. The van der Waals surface area contributed by atoms with Crippen molar-refractivity contribution in [1.82, 2.24) is 9.78 Å². The van der Waals surface area contributed by atoms with Gasteiger partial charge in [0.25, 0.3) is 0 Å². The van der Waals surface area contributed by atoms with Crippen LogP contribution in [0, 0.1) is 0 Å². The lowest BCUT2D eigenvalue weighted by molar-refractivity contribution is 0.171. The Hall–Kier alpha value is -0.870. The van der Waals surface area contributed by atoms with E-state index in [-0.39, 0.29) is 6.54 Å². The van der Waals surface area contributed by atoms with E-state index < -0.39 is 6.10 Å². The first kappa shape index (κ1) is 9.68. The predicted octanol–water partition coefficient (Wildman–Crippen LogP) is 0.990. The van der Waals surface area contributed by atoms with E-state index in [9.17, 15) is 5.11 Å². The molecule has 78 valence electrons. The number of nitrogens with two attached hydrogens (primary N) is 1. The maximum atomic E-state index is 9.67. The number of aromatic nitrogens is 2. The molecule has 1 aromatic rings. The van der Waals surface area contributed by atoms with Gasteiger partial charge in [-0.2, -0.15) is 5.10 Å². The van der Waals surface area contributed by atoms with Gasteiger partial charge in [-0.05, 0) is 18.9 Å². The Kier molecular flexibility index (Phi) is 2.84. The number of aliphatic hydroxyl groups excluding tert-OH is 1. The Morgan fingerprint density at radius 3 is 2.93 bits per heavy atom. The van der Waals surface area contributed by atoms with Crippen LogP contribution in [0.25, 0.3) is 0 Å². The molecule has 1 aromatic heterocycles. The summed E-state index contributed by atoms with van der Waals surface area (Å²) in [6.45, 7) is 0.262. The summed E-state index contributed by atoms with van der Waals surface area (Å²) in [5.74, 6) is 0. The fourth-order valence-electron chi connectivity index (χ4n) is 2.16. The molecule has 1 saturated carbocycles. The highest BCUT2D eigenvalue weighted by Crippen LogP contribution is 2.30. The number of nitrogens with zero attached hydrogens (tertiary/aromatic N) is 2. The Labute approximate surface area is 83.7 Å². The van der Waals surface area contributed by atoms with E-state index in [4.69, 9.17) is 5.73 Å². The molecular weight excluding hydrogens is 178 g/mol. The van der Waals surface area contributed by atoms with E-state index in [1.54, 1.807) is 6.20 Å². The highest BCUT2D eigenvalue weighted by molar-refractivity contribution is 5.06. The largest absolute Gasteiger partial charge is 0.385 e. The van der Waals surface area contributed by atoms with Gasteiger partial charge in [0.1, 0.15) is 6.10 Å². The van der Waals surface area contributed by atoms with Crippen LogP contribution in [0.15, 0.2) is 12.3 Å². The first-order chi connectivity index (χ1) is 6.83. The molecule has 1 heterocycles. The second kappa shape index (κ2) is 4.11. The van der Waals surface area contributed by atoms with Gasteiger partial charge in [-0.25, -0.2) is 0 Å². The molecule has 0 radical (unpaired) electrons. The third kappa shape index (κ3) is 1.67. The van der Waals surface area contributed by atoms with Crippen LogP contribution >= 0.6 is 0 Å². The van der Waals surface area contributed by atoms with Gasteiger partial charge in [0.2, 0.25) is 0 Å². The van der Waals surface area contributed by atoms with Gasteiger partial charge in [0.15, 0.2) is 0 Å². The number of aliphatic hydroxyl groups is 1. The zero-order chi connectivity index (χ0) is 9.97. The highest BCUT2D eigenvalue weighted by Gasteiger charge is 2.21. The van der Waals surface area contributed by atoms with Crippen molar-refractivity contribution in [3.8, 4) is 0 Å². The normalized spacial score (nSPS) is 20.1. The van der Waals surface area contributed by atoms with E-state index in [1.165, 1.54) is 25.7 Å². The van der Waals surface area contributed by atoms with Crippen LogP contribution in [0.3, 0.4) is 0 Å². The van der Waals surface area contributed by atoms with E-state index in [0.717, 1.165) is 5.69 Å². The molecule has 1 aliphatic carbocycles. The first-order valence-electron chi connectivity index (χ1n) is 5.24. The Morgan fingerprint density at radius 1 is 1.57 bits per heavy atom. The zero-order valence-corrected chi connectivity index (χ0v) is 8.26. The van der Waals surface area contributed by atoms with Crippen LogP contribution in [0.1, 0.15) is 43.5 Å². The minimum atomic E-state index is -0.571. The van der Waals surface area contributed by atoms with Gasteiger partial charge in [0, 0.05) is 12.7 Å². The van der Waals surface area contributed by atoms with E-state index in [1.807, 2.05) is 10.7 Å². The molecule has 0 aliphatic heterocycles. The lowest BCUT2D eigenvalue weighted by atomic mass is 10.2. The number of rotatable bonds is 3. The van der Waals surface area contributed by atoms with Gasteiger partial charge in [-0.1, -0.05) is 12.8 Å². The van der Waals surface area contributed by atoms with Crippen LogP contribution in [0.4, 0.5) is 0 Å². The van der Waals surface area contributed by atoms with E-state index in [2.05, 4.69) is 5.10 Å². The van der Waals surface area contributed by atoms with Crippen LogP contribution in [-0.2, 0) is 0 Å². The van der Waals surface area contributed by atoms with Crippen molar-refractivity contribution < 1.29 is 5.11 Å². The standard InChI is InChI=1S/C10H17N3O/c11-7-10(14)9-5-6-12-13(9)8-3-1-2-4-8/h5-6,8,10,14H,1-4,7,11H2. The van der Waals surface area contributed by atoms with Crippen molar-refractivity contribution in [3.05, 3.63) is 18.0 Å². The quantitative estimate of drug-likeness (QED) is 0.756. The van der Waals surface area contributed by atoms with Gasteiger partial charge in [-0.3, -0.25) is 4.68 Å². The molecule has 4 heteroatoms. The SMILES string of the molecule is NCC(O)c1ccnn1C1CCCC1. The lowest BCUT2D eigenvalue weighted by Crippen LogP contribution is -2.18. The van der Waals surface area contributed by atoms with E-state index >= 15 is 0 Å². The van der Waals surface area contributed by atoms with Gasteiger partial charge in [-0.15, -0.1) is 0 Å². The van der Waals surface area contributed by atoms with Crippen LogP contribution in [0.5, 0.6) is 0 Å². The maximum absolute atomic E-state index is 9.67. The van der Waals surface area contributed by atoms with Crippen molar-refractivity contribution in [1.29, 1.82) is 0 Å². The van der Waals surface area contributed by atoms with Crippen molar-refractivity contribution >= 4 is 0 Å². The Balaban J connectivity index is 2.19. The minimum Gasteiger partial charge on any atom is -0.385 e. The highest BCUT2D eigenvalue weighted by atomic mass is 16.3. The third-order valence-corrected chi connectivity index (χ3v) is 2.94. The molecule has 2 rings (SSSR count). The van der Waals surface area contributed by atoms with Crippen molar-refractivity contribution in [2.75, 3.05) is 6.54 Å². The average Bonchev–Trinajstić information content (AvgIpc) is 2.85. The number of hydrogen-bond donors (Lipinski definition) is 2. The van der Waals surface area contributed by atoms with Gasteiger partial charge < -0.3 is 10.8 Å². The second-order valence-electron chi connectivity index (χ2n) is 3.89. The molecule has 1 fully saturated rings. The molecule has 1 unspecified atom stereocenters. The Bertz CT molecular complexity index is 291. The van der Waals surface area contributed by atoms with Crippen molar-refractivity contribution in [3.63, 3.8) is 0 Å². The topological polar surface area (TPSA) is 64.1 Å². The van der Waals surface area contributed by atoms with Crippen LogP contribution < -0.4 is 5.73 Å². The molecule has 3 N–H and O–H groups in total. The first-order valence-corrected chi connectivity index (χ1v) is 5.24. The van der Waals surface area contributed by atoms with Gasteiger partial charge in [0.05, 0.1) is 11.7 Å². The summed E-state index contributed by atoms with van der Waals surface area (Å²) in [5.41, 5.74) is 6.30. The zero-order valence-electron chi connectivity index (χ0n) is 8.26. The smallest absolute Gasteiger partial charge is 0.108 e. The summed E-state index contributed by atoms with van der Waals surface area (Å²) in [4.78, 5) is 0. The molecule has 1 aliphatic rings. The molecule has 0 bridgehead atoms. The summed E-state index contributed by atoms with van der Waals surface area (Å²) in [7, 11) is 0. The van der Waals surface area contributed by atoms with E-state index in [0.29, 0.717) is 6.04 Å². The summed E-state index contributed by atoms with van der Waals surface area (Å²) >= 11 is 0. The molecule has 1 atom stereocenters. The fourth-order valence-corrected chi connectivity index (χ4v) is 2.16. The molecule has 0 saturated heterocycles. The average molecular weight is 195 g/mol. The van der Waals surface area contributed by atoms with Crippen LogP contribution in [0.2, 0.25) is 0 Å². The van der Waals surface area contributed by atoms with Crippen molar-refractivity contribution in [2.45, 2.75) is 37.8 Å². The summed E-state index contributed by atoms with van der Waals surface area (Å²) in [6, 6.07) is 2.33. The molecule has 4 nitrogen and oxygen atoms in total. The molecule has 0 amide bonds. The second-order valence-corrected chi connectivity index (χ2v) is 3.89. The maximum Gasteiger partial charge on any atom is 0.108 e. The third-order valence-electron chi connectivity index (χ3n) is 2.94. The summed E-state index contributed by atoms with van der Waals surface area (Å²) < 4.78 is 1.95. The van der Waals surface area contributed by atoms with Gasteiger partial charge >= 0.3 is 0 Å². The summed E-state index contributed by atoms with van der Waals surface area (Å²) in [6.07, 6.45) is 6.05. The molecule has 0 spiro atoms. The molecule has 14 heavy (non-hydrogen) atoms.